The van der Waals surface area contributed by atoms with Crippen molar-refractivity contribution in [2.45, 2.75) is 19.6 Å². The molecule has 0 radical (unpaired) electrons. The molecular formula is C6H11N3O. The number of nitrogens with zero attached hydrogens (tertiary/aromatic N) is 2. The van der Waals surface area contributed by atoms with Crippen molar-refractivity contribution in [2.75, 3.05) is 5.73 Å². The number of hydrogen-bond acceptors (Lipinski definition) is 3. The number of aliphatic hydroxyl groups is 1. The van der Waals surface area contributed by atoms with Crippen LogP contribution >= 0.6 is 0 Å². The molecule has 4 heteroatoms. The van der Waals surface area contributed by atoms with Crippen LogP contribution in [0.25, 0.3) is 0 Å². The molecule has 0 spiro atoms. The van der Waals surface area contributed by atoms with Crippen molar-refractivity contribution in [3.8, 4) is 0 Å². The van der Waals surface area contributed by atoms with Crippen LogP contribution in [0.5, 0.6) is 0 Å². The van der Waals surface area contributed by atoms with Gasteiger partial charge in [-0.05, 0) is 6.92 Å². The van der Waals surface area contributed by atoms with Crippen molar-refractivity contribution in [3.63, 3.8) is 0 Å². The molecule has 0 aromatic carbocycles. The Balaban J connectivity index is 2.58. The first kappa shape index (κ1) is 7.08. The summed E-state index contributed by atoms with van der Waals surface area (Å²) in [5.74, 6) is 0.487. The van der Waals surface area contributed by atoms with E-state index in [1.807, 2.05) is 0 Å². The lowest BCUT2D eigenvalue weighted by atomic mass is 10.4. The van der Waals surface area contributed by atoms with Crippen molar-refractivity contribution < 1.29 is 5.11 Å². The quantitative estimate of drug-likeness (QED) is 0.601. The molecule has 0 bridgehead atoms. The van der Waals surface area contributed by atoms with Crippen LogP contribution in [0.15, 0.2) is 12.5 Å². The van der Waals surface area contributed by atoms with Crippen molar-refractivity contribution >= 4 is 5.82 Å². The molecule has 0 saturated heterocycles. The normalized spacial score (nSPS) is 13.4. The second-order valence-corrected chi connectivity index (χ2v) is 2.34. The van der Waals surface area contributed by atoms with Crippen molar-refractivity contribution in [2.24, 2.45) is 0 Å². The molecule has 10 heavy (non-hydrogen) atoms. The molecule has 0 aliphatic carbocycles. The van der Waals surface area contributed by atoms with Crippen LogP contribution in [0.1, 0.15) is 6.92 Å². The second kappa shape index (κ2) is 2.70. The third kappa shape index (κ3) is 1.73. The average Bonchev–Trinajstić information content (AvgIpc) is 2.13. The van der Waals surface area contributed by atoms with E-state index in [1.165, 1.54) is 0 Å². The van der Waals surface area contributed by atoms with Gasteiger partial charge >= 0.3 is 0 Å². The maximum absolute atomic E-state index is 8.93. The van der Waals surface area contributed by atoms with Gasteiger partial charge in [-0.2, -0.15) is 0 Å². The van der Waals surface area contributed by atoms with E-state index in [-0.39, 0.29) is 6.10 Å². The van der Waals surface area contributed by atoms with E-state index in [0.717, 1.165) is 0 Å². The maximum Gasteiger partial charge on any atom is 0.141 e. The Hall–Kier alpha value is -1.03. The van der Waals surface area contributed by atoms with E-state index >= 15 is 0 Å². The first-order valence-corrected chi connectivity index (χ1v) is 3.14. The zero-order chi connectivity index (χ0) is 7.56. The van der Waals surface area contributed by atoms with Crippen molar-refractivity contribution in [1.29, 1.82) is 0 Å². The average molecular weight is 141 g/mol. The van der Waals surface area contributed by atoms with E-state index in [9.17, 15) is 0 Å². The Kier molecular flexibility index (Phi) is 1.91. The Morgan fingerprint density at radius 2 is 2.60 bits per heavy atom. The number of anilines is 1. The maximum atomic E-state index is 8.93. The van der Waals surface area contributed by atoms with Crippen LogP contribution in [0.3, 0.4) is 0 Å². The molecule has 0 aliphatic rings. The molecule has 0 aliphatic heterocycles. The van der Waals surface area contributed by atoms with Crippen LogP contribution in [0, 0.1) is 0 Å². The lowest BCUT2D eigenvalue weighted by Crippen LogP contribution is -2.09. The van der Waals surface area contributed by atoms with Gasteiger partial charge < -0.3 is 15.4 Å². The largest absolute Gasteiger partial charge is 0.392 e. The van der Waals surface area contributed by atoms with E-state index in [1.54, 1.807) is 24.0 Å². The number of nitrogen functional groups attached to an aromatic ring is 1. The highest BCUT2D eigenvalue weighted by Crippen LogP contribution is 1.97. The van der Waals surface area contributed by atoms with E-state index in [2.05, 4.69) is 4.98 Å². The van der Waals surface area contributed by atoms with Crippen LogP contribution in [-0.2, 0) is 6.54 Å². The Morgan fingerprint density at radius 1 is 1.90 bits per heavy atom. The highest BCUT2D eigenvalue weighted by Gasteiger charge is 1.97. The van der Waals surface area contributed by atoms with Gasteiger partial charge in [-0.25, -0.2) is 4.98 Å². The van der Waals surface area contributed by atoms with Gasteiger partial charge in [0.05, 0.1) is 12.4 Å². The van der Waals surface area contributed by atoms with Gasteiger partial charge in [-0.15, -0.1) is 0 Å². The molecule has 1 atom stereocenters. The fourth-order valence-corrected chi connectivity index (χ4v) is 0.782. The number of aromatic nitrogens is 2. The summed E-state index contributed by atoms with van der Waals surface area (Å²) in [5.41, 5.74) is 5.34. The minimum absolute atomic E-state index is 0.353. The van der Waals surface area contributed by atoms with E-state index < -0.39 is 0 Å². The van der Waals surface area contributed by atoms with Gasteiger partial charge in [-0.1, -0.05) is 0 Å². The number of aliphatic hydroxyl groups excluding tert-OH is 1. The number of imidazole rings is 1. The first-order valence-electron chi connectivity index (χ1n) is 3.14. The van der Waals surface area contributed by atoms with Gasteiger partial charge in [-0.3, -0.25) is 0 Å². The summed E-state index contributed by atoms with van der Waals surface area (Å²) in [6.07, 6.45) is 2.93. The molecule has 1 unspecified atom stereocenters. The predicted molar refractivity (Wildman–Crippen MR) is 38.3 cm³/mol. The highest BCUT2D eigenvalue weighted by molar-refractivity contribution is 5.22. The molecule has 56 valence electrons. The number of rotatable bonds is 2. The predicted octanol–water partition coefficient (Wildman–Crippen LogP) is -0.154. The van der Waals surface area contributed by atoms with Gasteiger partial charge in [0.25, 0.3) is 0 Å². The molecular weight excluding hydrogens is 130 g/mol. The summed E-state index contributed by atoms with van der Waals surface area (Å²) in [5, 5.41) is 8.93. The Morgan fingerprint density at radius 3 is 3.00 bits per heavy atom. The zero-order valence-electron chi connectivity index (χ0n) is 5.86. The number of nitrogens with two attached hydrogens (primary N) is 1. The standard InChI is InChI=1S/C6H11N3O/c1-5(10)2-9-3-6(7)8-4-9/h3-5,10H,2,7H2,1H3. The van der Waals surface area contributed by atoms with Gasteiger partial charge in [0, 0.05) is 12.7 Å². The topological polar surface area (TPSA) is 64.1 Å². The van der Waals surface area contributed by atoms with Crippen LogP contribution in [-0.4, -0.2) is 20.8 Å². The monoisotopic (exact) mass is 141 g/mol. The molecule has 1 rings (SSSR count). The van der Waals surface area contributed by atoms with Gasteiger partial charge in [0.2, 0.25) is 0 Å². The molecule has 1 heterocycles. The zero-order valence-corrected chi connectivity index (χ0v) is 5.86. The molecule has 4 nitrogen and oxygen atoms in total. The summed E-state index contributed by atoms with van der Waals surface area (Å²) in [6.45, 7) is 2.26. The second-order valence-electron chi connectivity index (χ2n) is 2.34. The molecule has 1 aromatic rings. The lowest BCUT2D eigenvalue weighted by Gasteiger charge is -2.02. The third-order valence-corrected chi connectivity index (χ3v) is 1.13. The van der Waals surface area contributed by atoms with Crippen LogP contribution < -0.4 is 5.73 Å². The summed E-state index contributed by atoms with van der Waals surface area (Å²) in [7, 11) is 0. The lowest BCUT2D eigenvalue weighted by molar-refractivity contribution is 0.173. The first-order chi connectivity index (χ1) is 4.68. The summed E-state index contributed by atoms with van der Waals surface area (Å²) >= 11 is 0. The molecule has 1 aromatic heterocycles. The smallest absolute Gasteiger partial charge is 0.141 e. The summed E-state index contributed by atoms with van der Waals surface area (Å²) in [4.78, 5) is 3.80. The van der Waals surface area contributed by atoms with Gasteiger partial charge in [0.15, 0.2) is 0 Å². The van der Waals surface area contributed by atoms with E-state index in [4.69, 9.17) is 10.8 Å². The molecule has 0 saturated carbocycles. The third-order valence-electron chi connectivity index (χ3n) is 1.13. The SMILES string of the molecule is CC(O)Cn1cnc(N)c1. The van der Waals surface area contributed by atoms with Gasteiger partial charge in [0.1, 0.15) is 5.82 Å². The molecule has 0 amide bonds. The minimum atomic E-state index is -0.353. The van der Waals surface area contributed by atoms with E-state index in [0.29, 0.717) is 12.4 Å². The Labute approximate surface area is 59.3 Å². The van der Waals surface area contributed by atoms with Crippen molar-refractivity contribution in [1.82, 2.24) is 9.55 Å². The minimum Gasteiger partial charge on any atom is -0.392 e. The number of hydrogen-bond donors (Lipinski definition) is 2. The fourth-order valence-electron chi connectivity index (χ4n) is 0.782. The summed E-state index contributed by atoms with van der Waals surface area (Å²) in [6, 6.07) is 0. The van der Waals surface area contributed by atoms with Crippen LogP contribution in [0.2, 0.25) is 0 Å². The molecule has 0 fully saturated rings. The molecule has 3 N–H and O–H groups in total. The highest BCUT2D eigenvalue weighted by atomic mass is 16.3. The fraction of sp³-hybridized carbons (Fsp3) is 0.500. The summed E-state index contributed by atoms with van der Waals surface area (Å²) < 4.78 is 1.75. The van der Waals surface area contributed by atoms with Crippen molar-refractivity contribution in [3.05, 3.63) is 12.5 Å². The Bertz CT molecular complexity index is 207. The van der Waals surface area contributed by atoms with Crippen LogP contribution in [0.4, 0.5) is 5.82 Å².